The predicted octanol–water partition coefficient (Wildman–Crippen LogP) is 4.22. The fraction of sp³-hybridized carbons (Fsp3) is 0.583. The van der Waals surface area contributed by atoms with Gasteiger partial charge in [0.1, 0.15) is 12.1 Å². The standard InChI is InChI=1S/C24H28F3N7O/c1-3-15-16-9-33(20-8-13(2)28-12-29-20)10-17(16)21(15)30-23-31-22-19(35-11-24(25,26)27)7-6-18(14-4-5-14)34(22)32-23/h6-8,12,14-17,21H,3-5,9-11H2,1-2H3,(H,30,32)/t15-,16?,17-,21-/m1/s1. The molecule has 1 aliphatic heterocycles. The molecule has 186 valence electrons. The van der Waals surface area contributed by atoms with Crippen molar-refractivity contribution in [1.82, 2.24) is 24.6 Å². The summed E-state index contributed by atoms with van der Waals surface area (Å²) in [5.74, 6) is 3.28. The highest BCUT2D eigenvalue weighted by Crippen LogP contribution is 2.49. The molecule has 0 amide bonds. The molecule has 0 aromatic carbocycles. The molecule has 8 nitrogen and oxygen atoms in total. The zero-order valence-electron chi connectivity index (χ0n) is 19.7. The fourth-order valence-electron chi connectivity index (χ4n) is 5.83. The van der Waals surface area contributed by atoms with Crippen LogP contribution in [0.2, 0.25) is 0 Å². The van der Waals surface area contributed by atoms with E-state index in [0.717, 1.165) is 49.6 Å². The van der Waals surface area contributed by atoms with Crippen LogP contribution in [0.1, 0.15) is 43.5 Å². The van der Waals surface area contributed by atoms with Gasteiger partial charge in [0.2, 0.25) is 5.95 Å². The van der Waals surface area contributed by atoms with Crippen LogP contribution in [-0.2, 0) is 0 Å². The van der Waals surface area contributed by atoms with E-state index in [1.165, 1.54) is 0 Å². The van der Waals surface area contributed by atoms with E-state index in [9.17, 15) is 13.2 Å². The van der Waals surface area contributed by atoms with Gasteiger partial charge in [0.15, 0.2) is 18.0 Å². The molecule has 2 aliphatic carbocycles. The van der Waals surface area contributed by atoms with Gasteiger partial charge in [-0.05, 0) is 43.7 Å². The molecule has 3 aromatic rings. The highest BCUT2D eigenvalue weighted by molar-refractivity contribution is 5.58. The number of hydrogen-bond acceptors (Lipinski definition) is 7. The second kappa shape index (κ2) is 8.23. The molecule has 35 heavy (non-hydrogen) atoms. The number of rotatable bonds is 7. The maximum absolute atomic E-state index is 12.8. The number of nitrogens with zero attached hydrogens (tertiary/aromatic N) is 6. The number of fused-ring (bicyclic) bond motifs is 2. The van der Waals surface area contributed by atoms with Crippen LogP contribution in [0.3, 0.4) is 0 Å². The molecule has 4 atom stereocenters. The summed E-state index contributed by atoms with van der Waals surface area (Å²) in [6, 6.07) is 5.60. The van der Waals surface area contributed by atoms with E-state index >= 15 is 0 Å². The molecule has 1 saturated heterocycles. The van der Waals surface area contributed by atoms with Gasteiger partial charge in [-0.15, -0.1) is 5.10 Å². The van der Waals surface area contributed by atoms with Crippen molar-refractivity contribution in [3.8, 4) is 5.75 Å². The van der Waals surface area contributed by atoms with Gasteiger partial charge in [-0.3, -0.25) is 0 Å². The van der Waals surface area contributed by atoms with E-state index in [0.29, 0.717) is 35.3 Å². The van der Waals surface area contributed by atoms with Gasteiger partial charge < -0.3 is 15.0 Å². The third-order valence-electron chi connectivity index (χ3n) is 7.63. The molecule has 6 rings (SSSR count). The highest BCUT2D eigenvalue weighted by atomic mass is 19.4. The second-order valence-electron chi connectivity index (χ2n) is 9.96. The molecule has 3 aliphatic rings. The Morgan fingerprint density at radius 2 is 1.94 bits per heavy atom. The van der Waals surface area contributed by atoms with Crippen LogP contribution in [0.4, 0.5) is 24.9 Å². The Morgan fingerprint density at radius 3 is 2.66 bits per heavy atom. The number of alkyl halides is 3. The minimum atomic E-state index is -4.42. The molecule has 3 aromatic heterocycles. The maximum Gasteiger partial charge on any atom is 0.422 e. The van der Waals surface area contributed by atoms with E-state index in [2.05, 4.69) is 37.2 Å². The lowest BCUT2D eigenvalue weighted by Gasteiger charge is -2.47. The lowest BCUT2D eigenvalue weighted by molar-refractivity contribution is -0.153. The van der Waals surface area contributed by atoms with E-state index in [1.54, 1.807) is 16.9 Å². The minimum absolute atomic E-state index is 0.0944. The molecule has 3 fully saturated rings. The third-order valence-corrected chi connectivity index (χ3v) is 7.63. The number of nitrogens with one attached hydrogen (secondary N) is 1. The second-order valence-corrected chi connectivity index (χ2v) is 9.96. The summed E-state index contributed by atoms with van der Waals surface area (Å²) in [4.78, 5) is 15.6. The minimum Gasteiger partial charge on any atom is -0.480 e. The summed E-state index contributed by atoms with van der Waals surface area (Å²) in [6.07, 6.45) is 0.301. The van der Waals surface area contributed by atoms with Crippen LogP contribution in [0.5, 0.6) is 5.75 Å². The number of hydrogen-bond donors (Lipinski definition) is 1. The number of anilines is 2. The molecule has 2 saturated carbocycles. The van der Waals surface area contributed by atoms with E-state index in [-0.39, 0.29) is 11.8 Å². The van der Waals surface area contributed by atoms with Gasteiger partial charge in [-0.25, -0.2) is 14.5 Å². The zero-order valence-corrected chi connectivity index (χ0v) is 19.7. The first-order valence-electron chi connectivity index (χ1n) is 12.2. The van der Waals surface area contributed by atoms with Gasteiger partial charge in [-0.1, -0.05) is 13.3 Å². The maximum atomic E-state index is 12.8. The molecule has 1 unspecified atom stereocenters. The van der Waals surface area contributed by atoms with Crippen molar-refractivity contribution < 1.29 is 17.9 Å². The Bertz CT molecular complexity index is 1240. The van der Waals surface area contributed by atoms with Crippen molar-refractivity contribution >= 4 is 17.4 Å². The van der Waals surface area contributed by atoms with Crippen LogP contribution in [-0.4, -0.2) is 56.5 Å². The van der Waals surface area contributed by atoms with Crippen molar-refractivity contribution in [2.24, 2.45) is 17.8 Å². The third kappa shape index (κ3) is 4.14. The molecule has 11 heteroatoms. The van der Waals surface area contributed by atoms with Gasteiger partial charge in [0.25, 0.3) is 0 Å². The van der Waals surface area contributed by atoms with Gasteiger partial charge in [0.05, 0.1) is 0 Å². The monoisotopic (exact) mass is 487 g/mol. The summed E-state index contributed by atoms with van der Waals surface area (Å²) < 4.78 is 45.1. The Hall–Kier alpha value is -3.11. The van der Waals surface area contributed by atoms with Gasteiger partial charge >= 0.3 is 6.18 Å². The van der Waals surface area contributed by atoms with Crippen molar-refractivity contribution in [3.05, 3.63) is 35.9 Å². The Kier molecular flexibility index (Phi) is 5.26. The molecular formula is C24H28F3N7O. The fourth-order valence-corrected chi connectivity index (χ4v) is 5.83. The molecule has 0 bridgehead atoms. The van der Waals surface area contributed by atoms with Crippen molar-refractivity contribution in [2.75, 3.05) is 29.9 Å². The first kappa shape index (κ1) is 22.4. The average molecular weight is 488 g/mol. The van der Waals surface area contributed by atoms with Gasteiger partial charge in [0, 0.05) is 48.4 Å². The lowest BCUT2D eigenvalue weighted by Crippen LogP contribution is -2.54. The van der Waals surface area contributed by atoms with Crippen molar-refractivity contribution in [1.29, 1.82) is 0 Å². The number of pyridine rings is 1. The molecule has 0 radical (unpaired) electrons. The molecule has 0 spiro atoms. The topological polar surface area (TPSA) is 80.5 Å². The van der Waals surface area contributed by atoms with E-state index in [4.69, 9.17) is 4.74 Å². The first-order chi connectivity index (χ1) is 16.8. The largest absolute Gasteiger partial charge is 0.480 e. The van der Waals surface area contributed by atoms with Crippen LogP contribution in [0.15, 0.2) is 24.5 Å². The summed E-state index contributed by atoms with van der Waals surface area (Å²) in [5, 5.41) is 8.20. The summed E-state index contributed by atoms with van der Waals surface area (Å²) in [6.45, 7) is 4.64. The Morgan fingerprint density at radius 1 is 1.14 bits per heavy atom. The zero-order chi connectivity index (χ0) is 24.3. The quantitative estimate of drug-likeness (QED) is 0.535. The SMILES string of the molecule is CC[C@@H]1C2CN(c3cc(C)ncn3)C[C@H]2[C@@H]1Nc1nc2c(OCC(F)(F)F)ccc(C3CC3)n2n1. The van der Waals surface area contributed by atoms with E-state index in [1.807, 2.05) is 19.1 Å². The lowest BCUT2D eigenvalue weighted by atomic mass is 9.61. The molecule has 1 N–H and O–H groups in total. The number of aryl methyl sites for hydroxylation is 1. The molecule has 4 heterocycles. The van der Waals surface area contributed by atoms with Crippen molar-refractivity contribution in [2.45, 2.75) is 51.2 Å². The highest BCUT2D eigenvalue weighted by Gasteiger charge is 2.54. The normalized spacial score (nSPS) is 26.0. The average Bonchev–Trinajstić information content (AvgIpc) is 3.45. The predicted molar refractivity (Wildman–Crippen MR) is 124 cm³/mol. The van der Waals surface area contributed by atoms with Crippen LogP contribution < -0.4 is 15.0 Å². The van der Waals surface area contributed by atoms with Crippen LogP contribution in [0.25, 0.3) is 5.65 Å². The van der Waals surface area contributed by atoms with Crippen LogP contribution >= 0.6 is 0 Å². The summed E-state index contributed by atoms with van der Waals surface area (Å²) in [7, 11) is 0. The van der Waals surface area contributed by atoms with Crippen LogP contribution in [0, 0.1) is 24.7 Å². The summed E-state index contributed by atoms with van der Waals surface area (Å²) in [5.41, 5.74) is 2.24. The van der Waals surface area contributed by atoms with Gasteiger partial charge in [-0.2, -0.15) is 18.2 Å². The first-order valence-corrected chi connectivity index (χ1v) is 12.2. The molecular weight excluding hydrogens is 459 g/mol. The Labute approximate surface area is 200 Å². The Balaban J connectivity index is 1.25. The number of ether oxygens (including phenoxy) is 1. The smallest absolute Gasteiger partial charge is 0.422 e. The summed E-state index contributed by atoms with van der Waals surface area (Å²) >= 11 is 0. The van der Waals surface area contributed by atoms with E-state index < -0.39 is 12.8 Å². The van der Waals surface area contributed by atoms with Crippen molar-refractivity contribution in [3.63, 3.8) is 0 Å². The number of halogens is 3. The number of aromatic nitrogens is 5.